The Morgan fingerprint density at radius 3 is 2.23 bits per heavy atom. The third-order valence-electron chi connectivity index (χ3n) is 4.77. The Hall–Kier alpha value is -2.73. The molecule has 2 N–H and O–H groups in total. The van der Waals surface area contributed by atoms with Gasteiger partial charge in [-0.25, -0.2) is 0 Å². The van der Waals surface area contributed by atoms with Crippen LogP contribution in [0, 0.1) is 0 Å². The van der Waals surface area contributed by atoms with Gasteiger partial charge in [0.05, 0.1) is 28.4 Å². The highest BCUT2D eigenvalue weighted by molar-refractivity contribution is 5.82. The van der Waals surface area contributed by atoms with E-state index in [0.717, 1.165) is 35.1 Å². The van der Waals surface area contributed by atoms with Crippen LogP contribution in [0.3, 0.4) is 0 Å². The minimum Gasteiger partial charge on any atom is -0.493 e. The van der Waals surface area contributed by atoms with Gasteiger partial charge in [0.1, 0.15) is 0 Å². The smallest absolute Gasteiger partial charge is 0.220 e. The van der Waals surface area contributed by atoms with Crippen molar-refractivity contribution in [1.82, 2.24) is 0 Å². The fourth-order valence-electron chi connectivity index (χ4n) is 3.47. The quantitative estimate of drug-likeness (QED) is 0.906. The van der Waals surface area contributed by atoms with Crippen LogP contribution in [0.2, 0.25) is 0 Å². The van der Waals surface area contributed by atoms with E-state index in [0.29, 0.717) is 23.0 Å². The summed E-state index contributed by atoms with van der Waals surface area (Å²) in [5, 5.41) is 0. The maximum absolute atomic E-state index is 12.5. The molecule has 0 bridgehead atoms. The van der Waals surface area contributed by atoms with Crippen molar-refractivity contribution < 1.29 is 18.9 Å². The fourth-order valence-corrected chi connectivity index (χ4v) is 3.47. The first-order valence-electron chi connectivity index (χ1n) is 8.35. The Morgan fingerprint density at radius 1 is 0.923 bits per heavy atom. The molecule has 0 fully saturated rings. The van der Waals surface area contributed by atoms with E-state index >= 15 is 0 Å². The Bertz CT molecular complexity index is 894. The predicted octanol–water partition coefficient (Wildman–Crippen LogP) is 2.69. The average Bonchev–Trinajstić information content (AvgIpc) is 2.89. The number of nitrogens with two attached hydrogens (primary N) is 1. The van der Waals surface area contributed by atoms with E-state index in [4.69, 9.17) is 24.7 Å². The lowest BCUT2D eigenvalue weighted by atomic mass is 9.94. The minimum absolute atomic E-state index is 0.202. The van der Waals surface area contributed by atoms with Crippen LogP contribution in [-0.4, -0.2) is 28.4 Å². The molecule has 0 aromatic heterocycles. The van der Waals surface area contributed by atoms with E-state index in [-0.39, 0.29) is 11.5 Å². The van der Waals surface area contributed by atoms with Gasteiger partial charge in [-0.2, -0.15) is 0 Å². The summed E-state index contributed by atoms with van der Waals surface area (Å²) in [6, 6.07) is 6.84. The molecule has 0 aliphatic heterocycles. The van der Waals surface area contributed by atoms with Gasteiger partial charge in [0.15, 0.2) is 17.2 Å². The molecule has 138 valence electrons. The van der Waals surface area contributed by atoms with Crippen molar-refractivity contribution in [2.45, 2.75) is 18.9 Å². The number of methoxy groups -OCH3 is 4. The van der Waals surface area contributed by atoms with E-state index in [1.165, 1.54) is 7.11 Å². The molecule has 3 rings (SSSR count). The highest BCUT2D eigenvalue weighted by Gasteiger charge is 2.28. The van der Waals surface area contributed by atoms with Crippen LogP contribution in [0.4, 0.5) is 0 Å². The highest BCUT2D eigenvalue weighted by atomic mass is 16.5. The third kappa shape index (κ3) is 2.86. The summed E-state index contributed by atoms with van der Waals surface area (Å²) in [5.74, 6) is 1.82. The van der Waals surface area contributed by atoms with Crippen molar-refractivity contribution in [3.05, 3.63) is 45.6 Å². The molecule has 0 spiro atoms. The molecule has 6 heteroatoms. The second-order valence-corrected chi connectivity index (χ2v) is 6.10. The van der Waals surface area contributed by atoms with Gasteiger partial charge in [0.2, 0.25) is 11.2 Å². The van der Waals surface area contributed by atoms with Crippen LogP contribution >= 0.6 is 0 Å². The lowest BCUT2D eigenvalue weighted by molar-refractivity contribution is 0.324. The van der Waals surface area contributed by atoms with Crippen molar-refractivity contribution >= 4 is 0 Å². The summed E-state index contributed by atoms with van der Waals surface area (Å²) in [5.41, 5.74) is 9.64. The number of benzene rings is 1. The van der Waals surface area contributed by atoms with Crippen molar-refractivity contribution in [3.8, 4) is 34.1 Å². The monoisotopic (exact) mass is 357 g/mol. The first-order valence-corrected chi connectivity index (χ1v) is 8.35. The molecule has 0 amide bonds. The van der Waals surface area contributed by atoms with Crippen molar-refractivity contribution in [2.24, 2.45) is 5.73 Å². The normalized spacial score (nSPS) is 15.3. The van der Waals surface area contributed by atoms with Gasteiger partial charge in [-0.3, -0.25) is 4.79 Å². The summed E-state index contributed by atoms with van der Waals surface area (Å²) in [7, 11) is 6.17. The molecule has 2 aromatic carbocycles. The number of aryl methyl sites for hydroxylation is 1. The Labute approximate surface area is 152 Å². The van der Waals surface area contributed by atoms with Gasteiger partial charge in [-0.15, -0.1) is 0 Å². The third-order valence-corrected chi connectivity index (χ3v) is 4.77. The molecular formula is C20H23NO5. The molecule has 1 unspecified atom stereocenters. The van der Waals surface area contributed by atoms with Gasteiger partial charge in [-0.05, 0) is 47.7 Å². The van der Waals surface area contributed by atoms with Gasteiger partial charge in [0, 0.05) is 11.6 Å². The molecule has 2 aromatic rings. The topological polar surface area (TPSA) is 80.0 Å². The van der Waals surface area contributed by atoms with Crippen LogP contribution in [0.5, 0.6) is 23.0 Å². The summed E-state index contributed by atoms with van der Waals surface area (Å²) in [4.78, 5) is 12.5. The van der Waals surface area contributed by atoms with Crippen LogP contribution < -0.4 is 30.1 Å². The summed E-state index contributed by atoms with van der Waals surface area (Å²) < 4.78 is 21.8. The van der Waals surface area contributed by atoms with Gasteiger partial charge in [0.25, 0.3) is 0 Å². The van der Waals surface area contributed by atoms with Crippen LogP contribution in [-0.2, 0) is 6.42 Å². The molecule has 26 heavy (non-hydrogen) atoms. The van der Waals surface area contributed by atoms with Crippen LogP contribution in [0.15, 0.2) is 29.1 Å². The molecule has 0 radical (unpaired) electrons. The molecule has 1 atom stereocenters. The first-order chi connectivity index (χ1) is 12.5. The van der Waals surface area contributed by atoms with E-state index in [1.54, 1.807) is 33.5 Å². The second kappa shape index (κ2) is 7.25. The SMILES string of the molecule is COc1cc2c(c(OC)c1OC)-c1cc(=O)c(OC)ccc1CCC2N. The fraction of sp³-hybridized carbons (Fsp3) is 0.350. The highest BCUT2D eigenvalue weighted by Crippen LogP contribution is 2.50. The molecule has 0 saturated heterocycles. The molecule has 0 saturated carbocycles. The van der Waals surface area contributed by atoms with E-state index < -0.39 is 0 Å². The maximum Gasteiger partial charge on any atom is 0.220 e. The lowest BCUT2D eigenvalue weighted by Gasteiger charge is -2.21. The van der Waals surface area contributed by atoms with Gasteiger partial charge < -0.3 is 24.7 Å². The van der Waals surface area contributed by atoms with Crippen LogP contribution in [0.25, 0.3) is 11.1 Å². The van der Waals surface area contributed by atoms with Gasteiger partial charge >= 0.3 is 0 Å². The zero-order valence-electron chi connectivity index (χ0n) is 15.4. The zero-order valence-corrected chi connectivity index (χ0v) is 15.4. The zero-order chi connectivity index (χ0) is 18.8. The number of hydrogen-bond donors (Lipinski definition) is 1. The Kier molecular flexibility index (Phi) is 5.04. The Morgan fingerprint density at radius 2 is 1.62 bits per heavy atom. The van der Waals surface area contributed by atoms with E-state index in [2.05, 4.69) is 0 Å². The summed E-state index contributed by atoms with van der Waals surface area (Å²) in [6.45, 7) is 0. The predicted molar refractivity (Wildman–Crippen MR) is 99.6 cm³/mol. The lowest BCUT2D eigenvalue weighted by Crippen LogP contribution is -2.12. The standard InChI is InChI=1S/C20H23NO5/c1-23-16-8-6-11-5-7-14(21)13-10-17(24-2)19(25-3)20(26-4)18(13)12(11)9-15(16)22/h6,8-10,14H,5,7,21H2,1-4H3. The largest absolute Gasteiger partial charge is 0.493 e. The molecule has 1 aliphatic carbocycles. The summed E-state index contributed by atoms with van der Waals surface area (Å²) in [6.07, 6.45) is 1.47. The molecule has 6 nitrogen and oxygen atoms in total. The Balaban J connectivity index is 2.45. The average molecular weight is 357 g/mol. The number of ether oxygens (including phenoxy) is 4. The van der Waals surface area contributed by atoms with Crippen molar-refractivity contribution in [2.75, 3.05) is 28.4 Å². The van der Waals surface area contributed by atoms with E-state index in [9.17, 15) is 4.79 Å². The number of rotatable bonds is 4. The van der Waals surface area contributed by atoms with E-state index in [1.807, 2.05) is 12.1 Å². The first kappa shape index (κ1) is 18.1. The van der Waals surface area contributed by atoms with Crippen molar-refractivity contribution in [1.29, 1.82) is 0 Å². The summed E-state index contributed by atoms with van der Waals surface area (Å²) >= 11 is 0. The van der Waals surface area contributed by atoms with Gasteiger partial charge in [-0.1, -0.05) is 6.07 Å². The van der Waals surface area contributed by atoms with Crippen molar-refractivity contribution in [3.63, 3.8) is 0 Å². The number of fused-ring (bicyclic) bond motifs is 3. The molecular weight excluding hydrogens is 334 g/mol. The second-order valence-electron chi connectivity index (χ2n) is 6.10. The minimum atomic E-state index is -0.214. The van der Waals surface area contributed by atoms with Crippen LogP contribution in [0.1, 0.15) is 23.6 Å². The molecule has 1 aliphatic rings. The maximum atomic E-state index is 12.5. The number of hydrogen-bond acceptors (Lipinski definition) is 6. The molecule has 0 heterocycles.